The van der Waals surface area contributed by atoms with Crippen LogP contribution in [0.25, 0.3) is 0 Å². The second kappa shape index (κ2) is 6.58. The minimum absolute atomic E-state index is 0.491. The summed E-state index contributed by atoms with van der Waals surface area (Å²) >= 11 is 0. The zero-order valence-corrected chi connectivity index (χ0v) is 11.4. The molecule has 96 valence electrons. The van der Waals surface area contributed by atoms with Gasteiger partial charge in [-0.2, -0.15) is 0 Å². The van der Waals surface area contributed by atoms with Gasteiger partial charge in [0.15, 0.2) is 0 Å². The Hall–Kier alpha value is -0.120. The zero-order valence-electron chi connectivity index (χ0n) is 11.4. The molecule has 0 aromatic heterocycles. The molecule has 1 N–H and O–H groups in total. The fraction of sp³-hybridized carbons (Fsp3) is 1.00. The van der Waals surface area contributed by atoms with Crippen LogP contribution in [-0.2, 0) is 4.74 Å². The lowest BCUT2D eigenvalue weighted by Crippen LogP contribution is -2.41. The molecule has 1 aliphatic carbocycles. The summed E-state index contributed by atoms with van der Waals surface area (Å²) < 4.78 is 5.06. The van der Waals surface area contributed by atoms with E-state index in [-0.39, 0.29) is 0 Å². The Labute approximate surface area is 101 Å². The molecule has 0 aliphatic heterocycles. The lowest BCUT2D eigenvalue weighted by atomic mass is 9.87. The molecule has 0 amide bonds. The molecule has 0 aromatic rings. The van der Waals surface area contributed by atoms with Gasteiger partial charge in [-0.05, 0) is 25.3 Å². The van der Waals surface area contributed by atoms with Crippen LogP contribution in [0.3, 0.4) is 0 Å². The van der Waals surface area contributed by atoms with Gasteiger partial charge < -0.3 is 15.0 Å². The third-order valence-corrected chi connectivity index (χ3v) is 3.82. The van der Waals surface area contributed by atoms with Gasteiger partial charge >= 0.3 is 0 Å². The van der Waals surface area contributed by atoms with Crippen molar-refractivity contribution in [2.45, 2.75) is 39.2 Å². The quantitative estimate of drug-likeness (QED) is 0.718. The van der Waals surface area contributed by atoms with Gasteiger partial charge in [-0.15, -0.1) is 0 Å². The molecule has 3 heteroatoms. The van der Waals surface area contributed by atoms with Crippen LogP contribution in [0.4, 0.5) is 0 Å². The van der Waals surface area contributed by atoms with Crippen molar-refractivity contribution in [1.29, 1.82) is 0 Å². The first kappa shape index (κ1) is 13.9. The molecular formula is C13H28N2O. The van der Waals surface area contributed by atoms with Crippen LogP contribution in [0, 0.1) is 5.41 Å². The Morgan fingerprint density at radius 3 is 2.69 bits per heavy atom. The average molecular weight is 228 g/mol. The standard InChI is InChI=1S/C13H28N2O/c1-13(2)7-5-6-12(13)14-8-9-15(3)10-11-16-4/h12,14H,5-11H2,1-4H3. The molecule has 0 saturated heterocycles. The van der Waals surface area contributed by atoms with Gasteiger partial charge in [-0.3, -0.25) is 0 Å². The Kier molecular flexibility index (Phi) is 5.73. The Morgan fingerprint density at radius 2 is 2.12 bits per heavy atom. The molecule has 1 rings (SSSR count). The second-order valence-electron chi connectivity index (χ2n) is 5.68. The summed E-state index contributed by atoms with van der Waals surface area (Å²) in [5.74, 6) is 0. The van der Waals surface area contributed by atoms with Crippen LogP contribution >= 0.6 is 0 Å². The number of hydrogen-bond donors (Lipinski definition) is 1. The van der Waals surface area contributed by atoms with Gasteiger partial charge in [0.05, 0.1) is 6.61 Å². The summed E-state index contributed by atoms with van der Waals surface area (Å²) in [6.07, 6.45) is 4.09. The highest BCUT2D eigenvalue weighted by atomic mass is 16.5. The van der Waals surface area contributed by atoms with E-state index < -0.39 is 0 Å². The lowest BCUT2D eigenvalue weighted by Gasteiger charge is -2.28. The topological polar surface area (TPSA) is 24.5 Å². The van der Waals surface area contributed by atoms with Gasteiger partial charge in [0.25, 0.3) is 0 Å². The smallest absolute Gasteiger partial charge is 0.0589 e. The van der Waals surface area contributed by atoms with E-state index in [1.165, 1.54) is 19.3 Å². The molecule has 1 unspecified atom stereocenters. The van der Waals surface area contributed by atoms with E-state index in [4.69, 9.17) is 4.74 Å². The van der Waals surface area contributed by atoms with Gasteiger partial charge in [0.2, 0.25) is 0 Å². The lowest BCUT2D eigenvalue weighted by molar-refractivity contribution is 0.159. The van der Waals surface area contributed by atoms with Gasteiger partial charge in [0, 0.05) is 32.8 Å². The number of methoxy groups -OCH3 is 1. The highest BCUT2D eigenvalue weighted by molar-refractivity contribution is 4.90. The minimum Gasteiger partial charge on any atom is -0.383 e. The van der Waals surface area contributed by atoms with Crippen molar-refractivity contribution in [1.82, 2.24) is 10.2 Å². The van der Waals surface area contributed by atoms with Crippen molar-refractivity contribution < 1.29 is 4.74 Å². The van der Waals surface area contributed by atoms with Gasteiger partial charge in [0.1, 0.15) is 0 Å². The third-order valence-electron chi connectivity index (χ3n) is 3.82. The van der Waals surface area contributed by atoms with Crippen LogP contribution in [0.1, 0.15) is 33.1 Å². The number of rotatable bonds is 7. The fourth-order valence-electron chi connectivity index (χ4n) is 2.49. The SMILES string of the molecule is COCCN(C)CCNC1CCCC1(C)C. The van der Waals surface area contributed by atoms with E-state index in [1.54, 1.807) is 7.11 Å². The number of nitrogens with zero attached hydrogens (tertiary/aromatic N) is 1. The van der Waals surface area contributed by atoms with E-state index in [2.05, 4.69) is 31.1 Å². The Balaban J connectivity index is 2.11. The number of likely N-dealkylation sites (N-methyl/N-ethyl adjacent to an activating group) is 1. The maximum atomic E-state index is 5.06. The normalized spacial score (nSPS) is 24.2. The van der Waals surface area contributed by atoms with E-state index in [9.17, 15) is 0 Å². The predicted molar refractivity (Wildman–Crippen MR) is 68.8 cm³/mol. The predicted octanol–water partition coefficient (Wildman–Crippen LogP) is 1.73. The van der Waals surface area contributed by atoms with Crippen molar-refractivity contribution in [2.75, 3.05) is 40.4 Å². The van der Waals surface area contributed by atoms with Crippen LogP contribution in [0.2, 0.25) is 0 Å². The molecule has 0 radical (unpaired) electrons. The highest BCUT2D eigenvalue weighted by Gasteiger charge is 2.33. The molecule has 1 saturated carbocycles. The first-order valence-electron chi connectivity index (χ1n) is 6.47. The summed E-state index contributed by atoms with van der Waals surface area (Å²) in [5, 5.41) is 3.70. The minimum atomic E-state index is 0.491. The van der Waals surface area contributed by atoms with Crippen molar-refractivity contribution >= 4 is 0 Å². The van der Waals surface area contributed by atoms with Crippen LogP contribution in [-0.4, -0.2) is 51.3 Å². The Morgan fingerprint density at radius 1 is 1.38 bits per heavy atom. The molecule has 0 aromatic carbocycles. The molecule has 3 nitrogen and oxygen atoms in total. The Bertz CT molecular complexity index is 194. The van der Waals surface area contributed by atoms with E-state index in [0.717, 1.165) is 26.2 Å². The van der Waals surface area contributed by atoms with Crippen LogP contribution in [0.5, 0.6) is 0 Å². The van der Waals surface area contributed by atoms with E-state index in [0.29, 0.717) is 11.5 Å². The molecule has 1 fully saturated rings. The van der Waals surface area contributed by atoms with Crippen LogP contribution < -0.4 is 5.32 Å². The van der Waals surface area contributed by atoms with Crippen LogP contribution in [0.15, 0.2) is 0 Å². The van der Waals surface area contributed by atoms with Gasteiger partial charge in [-0.25, -0.2) is 0 Å². The third kappa shape index (κ3) is 4.40. The molecule has 0 heterocycles. The summed E-state index contributed by atoms with van der Waals surface area (Å²) in [5.41, 5.74) is 0.491. The number of ether oxygens (including phenoxy) is 1. The average Bonchev–Trinajstić information content (AvgIpc) is 2.55. The molecule has 0 spiro atoms. The summed E-state index contributed by atoms with van der Waals surface area (Å²) in [6, 6.07) is 0.711. The van der Waals surface area contributed by atoms with Gasteiger partial charge in [-0.1, -0.05) is 20.3 Å². The summed E-state index contributed by atoms with van der Waals surface area (Å²) in [6.45, 7) is 8.81. The van der Waals surface area contributed by atoms with E-state index in [1.807, 2.05) is 0 Å². The molecule has 1 atom stereocenters. The first-order valence-corrected chi connectivity index (χ1v) is 6.47. The number of hydrogen-bond acceptors (Lipinski definition) is 3. The summed E-state index contributed by atoms with van der Waals surface area (Å²) in [7, 11) is 3.91. The molecule has 16 heavy (non-hydrogen) atoms. The van der Waals surface area contributed by atoms with Crippen molar-refractivity contribution in [3.8, 4) is 0 Å². The van der Waals surface area contributed by atoms with Crippen molar-refractivity contribution in [3.05, 3.63) is 0 Å². The van der Waals surface area contributed by atoms with Crippen molar-refractivity contribution in [3.63, 3.8) is 0 Å². The molecule has 1 aliphatic rings. The monoisotopic (exact) mass is 228 g/mol. The zero-order chi connectivity index (χ0) is 12.0. The summed E-state index contributed by atoms with van der Waals surface area (Å²) in [4.78, 5) is 2.32. The number of nitrogens with one attached hydrogen (secondary N) is 1. The fourth-order valence-corrected chi connectivity index (χ4v) is 2.49. The van der Waals surface area contributed by atoms with E-state index >= 15 is 0 Å². The highest BCUT2D eigenvalue weighted by Crippen LogP contribution is 2.36. The first-order chi connectivity index (χ1) is 7.56. The maximum Gasteiger partial charge on any atom is 0.0589 e. The maximum absolute atomic E-state index is 5.06. The van der Waals surface area contributed by atoms with Crippen molar-refractivity contribution in [2.24, 2.45) is 5.41 Å². The largest absolute Gasteiger partial charge is 0.383 e. The second-order valence-corrected chi connectivity index (χ2v) is 5.68. The molecular weight excluding hydrogens is 200 g/mol. The molecule has 0 bridgehead atoms.